The summed E-state index contributed by atoms with van der Waals surface area (Å²) in [5.74, 6) is -0.155. The fourth-order valence-corrected chi connectivity index (χ4v) is 6.42. The van der Waals surface area contributed by atoms with E-state index in [1.54, 1.807) is 9.80 Å². The molecule has 3 aliphatic heterocycles. The Morgan fingerprint density at radius 3 is 2.31 bits per heavy atom. The maximum absolute atomic E-state index is 13.0. The number of alkyl halides is 3. The number of amides is 3. The van der Waals surface area contributed by atoms with Crippen LogP contribution in [0.15, 0.2) is 23.1 Å². The van der Waals surface area contributed by atoms with E-state index < -0.39 is 33.2 Å². The van der Waals surface area contributed by atoms with Gasteiger partial charge < -0.3 is 19.9 Å². The molecule has 0 radical (unpaired) electrons. The molecule has 4 fully saturated rings. The minimum absolute atomic E-state index is 0.114. The van der Waals surface area contributed by atoms with Crippen LogP contribution < -0.4 is 5.32 Å². The molecule has 1 saturated carbocycles. The largest absolute Gasteiger partial charge is 0.447 e. The summed E-state index contributed by atoms with van der Waals surface area (Å²) in [6.07, 6.45) is -2.92. The van der Waals surface area contributed by atoms with Gasteiger partial charge in [0.05, 0.1) is 23.5 Å². The first-order valence-corrected chi connectivity index (χ1v) is 12.1. The Morgan fingerprint density at radius 1 is 1.16 bits per heavy atom. The lowest BCUT2D eigenvalue weighted by Gasteiger charge is -2.61. The fourth-order valence-electron chi connectivity index (χ4n) is 5.41. The maximum Gasteiger partial charge on any atom is 0.416 e. The molecule has 8 nitrogen and oxygen atoms in total. The number of rotatable bonds is 2. The second-order valence-corrected chi connectivity index (χ2v) is 11.6. The van der Waals surface area contributed by atoms with Gasteiger partial charge in [-0.25, -0.2) is 18.0 Å². The Morgan fingerprint density at radius 2 is 1.78 bits per heavy atom. The van der Waals surface area contributed by atoms with Gasteiger partial charge in [0.15, 0.2) is 9.84 Å². The molecule has 12 heteroatoms. The van der Waals surface area contributed by atoms with Gasteiger partial charge in [-0.2, -0.15) is 13.2 Å². The van der Waals surface area contributed by atoms with Gasteiger partial charge in [-0.05, 0) is 36.5 Å². The molecule has 0 unspecified atom stereocenters. The molecule has 3 saturated heterocycles. The fraction of sp³-hybridized carbons (Fsp3) is 0.600. The molecule has 5 rings (SSSR count). The van der Waals surface area contributed by atoms with Gasteiger partial charge in [0.25, 0.3) is 0 Å². The number of ether oxygens (including phenoxy) is 1. The number of alkyl carbamates (subject to hydrolysis) is 1. The van der Waals surface area contributed by atoms with Gasteiger partial charge in [-0.1, -0.05) is 6.07 Å². The molecule has 3 amide bonds. The lowest BCUT2D eigenvalue weighted by molar-refractivity contribution is -0.137. The first kappa shape index (κ1) is 21.4. The minimum atomic E-state index is -4.61. The van der Waals surface area contributed by atoms with Crippen LogP contribution in [0.5, 0.6) is 0 Å². The highest BCUT2D eigenvalue weighted by atomic mass is 32.2. The van der Waals surface area contributed by atoms with E-state index >= 15 is 0 Å². The zero-order chi connectivity index (χ0) is 23.1. The van der Waals surface area contributed by atoms with Crippen molar-refractivity contribution in [3.63, 3.8) is 0 Å². The van der Waals surface area contributed by atoms with Crippen molar-refractivity contribution >= 4 is 22.0 Å². The zero-order valence-electron chi connectivity index (χ0n) is 17.2. The number of hydrogen-bond donors (Lipinski definition) is 1. The molecule has 0 aromatic heterocycles. The highest BCUT2D eigenvalue weighted by Gasteiger charge is 2.58. The van der Waals surface area contributed by atoms with Crippen LogP contribution >= 0.6 is 0 Å². The average Bonchev–Trinajstić information content (AvgIpc) is 2.98. The van der Waals surface area contributed by atoms with Crippen LogP contribution in [0, 0.1) is 5.41 Å². The van der Waals surface area contributed by atoms with Crippen molar-refractivity contribution in [3.8, 4) is 0 Å². The van der Waals surface area contributed by atoms with E-state index in [9.17, 15) is 31.2 Å². The van der Waals surface area contributed by atoms with Gasteiger partial charge in [-0.3, -0.25) is 0 Å². The molecule has 1 aromatic carbocycles. The van der Waals surface area contributed by atoms with Gasteiger partial charge in [0.2, 0.25) is 0 Å². The van der Waals surface area contributed by atoms with Crippen LogP contribution in [0.1, 0.15) is 29.9 Å². The minimum Gasteiger partial charge on any atom is -0.447 e. The van der Waals surface area contributed by atoms with Crippen LogP contribution in [0.2, 0.25) is 0 Å². The normalized spacial score (nSPS) is 23.9. The van der Waals surface area contributed by atoms with E-state index in [0.29, 0.717) is 44.6 Å². The molecule has 3 heterocycles. The van der Waals surface area contributed by atoms with Gasteiger partial charge in [0.1, 0.15) is 12.1 Å². The Hall–Kier alpha value is -2.50. The molecular weight excluding hydrogens is 451 g/mol. The van der Waals surface area contributed by atoms with Crippen molar-refractivity contribution in [2.45, 2.75) is 35.4 Å². The number of likely N-dealkylation sites (tertiary alicyclic amines) is 2. The lowest BCUT2D eigenvalue weighted by Crippen LogP contribution is -2.74. The van der Waals surface area contributed by atoms with E-state index in [-0.39, 0.29) is 28.9 Å². The number of nitrogens with zero attached hydrogens (tertiary/aromatic N) is 2. The molecule has 2 spiro atoms. The van der Waals surface area contributed by atoms with Crippen LogP contribution in [0.3, 0.4) is 0 Å². The number of carbonyl (C=O) groups excluding carboxylic acids is 2. The van der Waals surface area contributed by atoms with Gasteiger partial charge >= 0.3 is 18.3 Å². The first-order chi connectivity index (χ1) is 14.8. The van der Waals surface area contributed by atoms with Crippen molar-refractivity contribution in [2.75, 3.05) is 39.0 Å². The van der Waals surface area contributed by atoms with Crippen LogP contribution in [-0.4, -0.2) is 74.9 Å². The quantitative estimate of drug-likeness (QED) is 0.711. The molecule has 4 aliphatic rings. The number of sulfone groups is 1. The molecule has 1 aliphatic carbocycles. The lowest BCUT2D eigenvalue weighted by atomic mass is 9.56. The van der Waals surface area contributed by atoms with Crippen molar-refractivity contribution < 1.29 is 35.9 Å². The molecular formula is C20H22F3N3O5S. The third kappa shape index (κ3) is 3.39. The third-order valence-electron chi connectivity index (χ3n) is 6.97. The number of hydrogen-bond acceptors (Lipinski definition) is 5. The summed E-state index contributed by atoms with van der Waals surface area (Å²) in [5.41, 5.74) is -1.17. The van der Waals surface area contributed by atoms with Crippen LogP contribution in [-0.2, 0) is 20.8 Å². The summed E-state index contributed by atoms with van der Waals surface area (Å²) in [7, 11) is -3.82. The highest BCUT2D eigenvalue weighted by Crippen LogP contribution is 2.57. The third-order valence-corrected chi connectivity index (χ3v) is 8.12. The summed E-state index contributed by atoms with van der Waals surface area (Å²) in [5, 5.41) is 2.73. The smallest absolute Gasteiger partial charge is 0.416 e. The highest BCUT2D eigenvalue weighted by molar-refractivity contribution is 7.90. The first-order valence-electron chi connectivity index (χ1n) is 10.2. The number of nitrogens with one attached hydrogen (secondary N) is 1. The molecule has 1 N–H and O–H groups in total. The summed E-state index contributed by atoms with van der Waals surface area (Å²) in [6, 6.07) is 2.81. The second kappa shape index (κ2) is 6.52. The molecule has 0 atom stereocenters. The van der Waals surface area contributed by atoms with Crippen molar-refractivity contribution in [1.29, 1.82) is 0 Å². The summed E-state index contributed by atoms with van der Waals surface area (Å²) >= 11 is 0. The van der Waals surface area contributed by atoms with E-state index in [0.717, 1.165) is 18.4 Å². The summed E-state index contributed by atoms with van der Waals surface area (Å²) in [6.45, 7) is 2.10. The van der Waals surface area contributed by atoms with E-state index in [1.165, 1.54) is 6.07 Å². The molecule has 174 valence electrons. The molecule has 1 aromatic rings. The number of benzene rings is 1. The maximum atomic E-state index is 13.0. The Bertz CT molecular complexity index is 1100. The van der Waals surface area contributed by atoms with Gasteiger partial charge in [0, 0.05) is 24.8 Å². The van der Waals surface area contributed by atoms with Gasteiger partial charge in [-0.15, -0.1) is 0 Å². The Labute approximate surface area is 182 Å². The predicted octanol–water partition coefficient (Wildman–Crippen LogP) is 2.20. The Balaban J connectivity index is 1.20. The number of cyclic esters (lactones) is 1. The number of halogens is 3. The summed E-state index contributed by atoms with van der Waals surface area (Å²) in [4.78, 5) is 26.9. The SMILES string of the molecule is CS(=O)(=O)c1cc(C(F)(F)F)ccc1C1CC2(C1)CN(C(=O)N1CC3(COC(=O)N3)C1)C2. The standard InChI is InChI=1S/C20H22F3N3O5S/c1-32(29,30)15-4-13(20(21,22)23)2-3-14(15)12-5-18(6-12)7-25(8-18)17(28)26-9-19(10-26)11-31-16(27)24-19/h2-4,12H,5-11H2,1H3,(H,24,27). The number of urea groups is 1. The predicted molar refractivity (Wildman–Crippen MR) is 105 cm³/mol. The number of carbonyl (C=O) groups is 2. The van der Waals surface area contributed by atoms with E-state index in [1.807, 2.05) is 0 Å². The monoisotopic (exact) mass is 473 g/mol. The average molecular weight is 473 g/mol. The summed E-state index contributed by atoms with van der Waals surface area (Å²) < 4.78 is 68.3. The van der Waals surface area contributed by atoms with Crippen molar-refractivity contribution in [1.82, 2.24) is 15.1 Å². The Kier molecular flexibility index (Phi) is 4.35. The topological polar surface area (TPSA) is 96.0 Å². The van der Waals surface area contributed by atoms with Crippen LogP contribution in [0.25, 0.3) is 0 Å². The van der Waals surface area contributed by atoms with Crippen molar-refractivity contribution in [2.24, 2.45) is 5.41 Å². The molecule has 32 heavy (non-hydrogen) atoms. The van der Waals surface area contributed by atoms with Crippen molar-refractivity contribution in [3.05, 3.63) is 29.3 Å². The van der Waals surface area contributed by atoms with Crippen LogP contribution in [0.4, 0.5) is 22.8 Å². The van der Waals surface area contributed by atoms with E-state index in [2.05, 4.69) is 5.32 Å². The zero-order valence-corrected chi connectivity index (χ0v) is 18.1. The van der Waals surface area contributed by atoms with E-state index in [4.69, 9.17) is 4.74 Å². The molecule has 0 bridgehead atoms. The second-order valence-electron chi connectivity index (χ2n) is 9.60.